The molecular weight excluding hydrogens is 218 g/mol. The van der Waals surface area contributed by atoms with Crippen LogP contribution in [0.15, 0.2) is 33.9 Å². The van der Waals surface area contributed by atoms with Crippen molar-refractivity contribution in [3.05, 3.63) is 44.8 Å². The molecule has 0 saturated carbocycles. The van der Waals surface area contributed by atoms with E-state index in [-0.39, 0.29) is 23.4 Å². The van der Waals surface area contributed by atoms with Crippen molar-refractivity contribution in [1.82, 2.24) is 14.8 Å². The van der Waals surface area contributed by atoms with Crippen molar-refractivity contribution < 1.29 is 0 Å². The first kappa shape index (κ1) is 9.67. The van der Waals surface area contributed by atoms with Crippen molar-refractivity contribution in [2.75, 3.05) is 0 Å². The highest BCUT2D eigenvalue weighted by molar-refractivity contribution is 5.92. The summed E-state index contributed by atoms with van der Waals surface area (Å²) in [6, 6.07) is 6.24. The second-order valence-corrected chi connectivity index (χ2v) is 3.07. The topological polar surface area (TPSA) is 67.2 Å². The molecule has 0 spiro atoms. The monoisotopic (exact) mass is 223 g/mol. The van der Waals surface area contributed by atoms with Gasteiger partial charge in [-0.15, -0.1) is 12.4 Å². The van der Waals surface area contributed by atoms with Gasteiger partial charge in [0.1, 0.15) is 5.52 Å². The van der Waals surface area contributed by atoms with Crippen molar-refractivity contribution in [3.63, 3.8) is 0 Å². The van der Waals surface area contributed by atoms with Crippen LogP contribution in [0.25, 0.3) is 16.4 Å². The summed E-state index contributed by atoms with van der Waals surface area (Å²) in [5.74, 6) is 0. The predicted octanol–water partition coefficient (Wildman–Crippen LogP) is 0.396. The predicted molar refractivity (Wildman–Crippen MR) is 58.0 cm³/mol. The summed E-state index contributed by atoms with van der Waals surface area (Å²) in [7, 11) is 0. The Morgan fingerprint density at radius 1 is 1.13 bits per heavy atom. The van der Waals surface area contributed by atoms with Crippen LogP contribution in [0.2, 0.25) is 0 Å². The molecule has 0 atom stereocenters. The van der Waals surface area contributed by atoms with E-state index in [0.29, 0.717) is 11.0 Å². The largest absolute Gasteiger partial charge is 0.287 e. The number of rotatable bonds is 0. The molecular formula is C9H6ClN3O2. The maximum Gasteiger partial charge on any atom is 0.271 e. The summed E-state index contributed by atoms with van der Waals surface area (Å²) in [4.78, 5) is 22.7. The first-order valence-electron chi connectivity index (χ1n) is 4.10. The summed E-state index contributed by atoms with van der Waals surface area (Å²) in [5.41, 5.74) is 0.470. The van der Waals surface area contributed by atoms with E-state index in [2.05, 4.69) is 10.3 Å². The number of H-pyrrole nitrogens is 1. The zero-order valence-electron chi connectivity index (χ0n) is 7.43. The van der Waals surface area contributed by atoms with Gasteiger partial charge >= 0.3 is 0 Å². The van der Waals surface area contributed by atoms with E-state index in [1.165, 1.54) is 16.6 Å². The Labute approximate surface area is 89.1 Å². The van der Waals surface area contributed by atoms with Gasteiger partial charge in [0.25, 0.3) is 5.56 Å². The number of nitrogens with zero attached hydrogens (tertiary/aromatic N) is 2. The maximum atomic E-state index is 11.4. The summed E-state index contributed by atoms with van der Waals surface area (Å²) >= 11 is 0. The molecule has 3 aromatic rings. The van der Waals surface area contributed by atoms with Gasteiger partial charge in [0.2, 0.25) is 5.43 Å². The average molecular weight is 224 g/mol. The Morgan fingerprint density at radius 3 is 2.67 bits per heavy atom. The standard InChI is InChI=1S/C9H5N3O2.ClH/c13-6-3-1-5-2-4-7(14)12-9(5)8(6)10-11-12;/h1-4,11H;1H. The van der Waals surface area contributed by atoms with Gasteiger partial charge in [-0.1, -0.05) is 0 Å². The van der Waals surface area contributed by atoms with Gasteiger partial charge < -0.3 is 0 Å². The molecule has 3 rings (SSSR count). The lowest BCUT2D eigenvalue weighted by Crippen LogP contribution is -2.12. The van der Waals surface area contributed by atoms with Gasteiger partial charge in [-0.3, -0.25) is 9.59 Å². The Bertz CT molecular complexity index is 672. The van der Waals surface area contributed by atoms with Crippen LogP contribution < -0.4 is 11.0 Å². The van der Waals surface area contributed by atoms with Crippen LogP contribution in [0.3, 0.4) is 0 Å². The number of hydrogen-bond acceptors (Lipinski definition) is 3. The van der Waals surface area contributed by atoms with Crippen LogP contribution in [-0.4, -0.2) is 14.8 Å². The van der Waals surface area contributed by atoms with E-state index < -0.39 is 0 Å². The third-order valence-electron chi connectivity index (χ3n) is 2.26. The lowest BCUT2D eigenvalue weighted by atomic mass is 10.2. The third kappa shape index (κ3) is 1.13. The number of nitrogens with one attached hydrogen (secondary N) is 1. The first-order chi connectivity index (χ1) is 6.77. The molecule has 0 unspecified atom stereocenters. The molecule has 0 radical (unpaired) electrons. The van der Waals surface area contributed by atoms with E-state index in [1.54, 1.807) is 12.1 Å². The van der Waals surface area contributed by atoms with Gasteiger partial charge in [-0.2, -0.15) is 5.10 Å². The maximum absolute atomic E-state index is 11.4. The Kier molecular flexibility index (Phi) is 1.97. The van der Waals surface area contributed by atoms with Crippen molar-refractivity contribution >= 4 is 28.8 Å². The Balaban J connectivity index is 0.000000853. The molecule has 0 aliphatic heterocycles. The molecule has 6 heteroatoms. The minimum atomic E-state index is -0.217. The van der Waals surface area contributed by atoms with E-state index in [1.807, 2.05) is 0 Å². The second kappa shape index (κ2) is 3.06. The van der Waals surface area contributed by atoms with Crippen LogP contribution >= 0.6 is 12.4 Å². The minimum Gasteiger partial charge on any atom is -0.287 e. The normalized spacial score (nSPS) is 10.7. The highest BCUT2D eigenvalue weighted by atomic mass is 35.5. The number of aromatic amines is 1. The van der Waals surface area contributed by atoms with Crippen molar-refractivity contribution in [1.29, 1.82) is 0 Å². The van der Waals surface area contributed by atoms with Crippen LogP contribution in [-0.2, 0) is 0 Å². The zero-order valence-corrected chi connectivity index (χ0v) is 8.25. The van der Waals surface area contributed by atoms with Crippen LogP contribution in [0, 0.1) is 0 Å². The highest BCUT2D eigenvalue weighted by Gasteiger charge is 2.08. The van der Waals surface area contributed by atoms with Crippen molar-refractivity contribution in [2.24, 2.45) is 0 Å². The smallest absolute Gasteiger partial charge is 0.271 e. The fraction of sp³-hybridized carbons (Fsp3) is 0. The summed E-state index contributed by atoms with van der Waals surface area (Å²) in [6.45, 7) is 0. The molecule has 0 saturated heterocycles. The number of hydrogen-bond donors (Lipinski definition) is 1. The molecule has 0 bridgehead atoms. The van der Waals surface area contributed by atoms with Gasteiger partial charge in [-0.05, 0) is 18.2 Å². The molecule has 5 nitrogen and oxygen atoms in total. The van der Waals surface area contributed by atoms with Crippen molar-refractivity contribution in [2.45, 2.75) is 0 Å². The number of aromatic nitrogens is 3. The van der Waals surface area contributed by atoms with Gasteiger partial charge in [0.15, 0.2) is 5.52 Å². The molecule has 76 valence electrons. The zero-order chi connectivity index (χ0) is 9.71. The second-order valence-electron chi connectivity index (χ2n) is 3.07. The average Bonchev–Trinajstić information content (AvgIpc) is 2.62. The number of halogens is 1. The Hall–Kier alpha value is -1.88. The van der Waals surface area contributed by atoms with Crippen LogP contribution in [0.4, 0.5) is 0 Å². The van der Waals surface area contributed by atoms with Crippen LogP contribution in [0.5, 0.6) is 0 Å². The minimum absolute atomic E-state index is 0. The fourth-order valence-electron chi connectivity index (χ4n) is 1.60. The fourth-order valence-corrected chi connectivity index (χ4v) is 1.60. The summed E-state index contributed by atoms with van der Waals surface area (Å²) in [6.07, 6.45) is 0. The summed E-state index contributed by atoms with van der Waals surface area (Å²) in [5, 5.41) is 7.14. The van der Waals surface area contributed by atoms with E-state index in [4.69, 9.17) is 0 Å². The molecule has 0 aliphatic carbocycles. The molecule has 2 heterocycles. The molecule has 15 heavy (non-hydrogen) atoms. The lowest BCUT2D eigenvalue weighted by molar-refractivity contribution is 0.835. The SMILES string of the molecule is Cl.O=c1ccc2ccc(=O)n3[nH]nc1c23. The quantitative estimate of drug-likeness (QED) is 0.600. The van der Waals surface area contributed by atoms with E-state index in [0.717, 1.165) is 5.39 Å². The van der Waals surface area contributed by atoms with Crippen molar-refractivity contribution in [3.8, 4) is 0 Å². The number of pyridine rings is 1. The third-order valence-corrected chi connectivity index (χ3v) is 2.26. The van der Waals surface area contributed by atoms with Crippen LogP contribution in [0.1, 0.15) is 0 Å². The van der Waals surface area contributed by atoms with Gasteiger partial charge in [-0.25, -0.2) is 9.73 Å². The molecule has 0 fully saturated rings. The number of benzene rings is 1. The van der Waals surface area contributed by atoms with E-state index in [9.17, 15) is 9.59 Å². The Morgan fingerprint density at radius 2 is 1.87 bits per heavy atom. The van der Waals surface area contributed by atoms with Gasteiger partial charge in [0.05, 0.1) is 0 Å². The highest BCUT2D eigenvalue weighted by Crippen LogP contribution is 2.12. The molecule has 0 amide bonds. The van der Waals surface area contributed by atoms with E-state index >= 15 is 0 Å². The molecule has 1 aromatic carbocycles. The molecule has 0 aliphatic rings. The summed E-state index contributed by atoms with van der Waals surface area (Å²) < 4.78 is 1.27. The first-order valence-corrected chi connectivity index (χ1v) is 4.10. The van der Waals surface area contributed by atoms with Gasteiger partial charge in [0, 0.05) is 11.5 Å². The molecule has 1 N–H and O–H groups in total. The lowest BCUT2D eigenvalue weighted by Gasteiger charge is -1.94. The molecule has 2 aromatic heterocycles.